The second-order valence-corrected chi connectivity index (χ2v) is 9.39. The summed E-state index contributed by atoms with van der Waals surface area (Å²) in [5.74, 6) is 0.727. The summed E-state index contributed by atoms with van der Waals surface area (Å²) in [6, 6.07) is 11.7. The van der Waals surface area contributed by atoms with Crippen LogP contribution >= 0.6 is 0 Å². The Labute approximate surface area is 164 Å². The van der Waals surface area contributed by atoms with Gasteiger partial charge >= 0.3 is 6.03 Å². The minimum atomic E-state index is 0.0305. The minimum absolute atomic E-state index is 0.0305. The van der Waals surface area contributed by atoms with Crippen LogP contribution in [0.4, 0.5) is 4.79 Å². The standard InChI is InChI=1S/C23H35N3O/c1-18(2)25(3)23(20-10-5-4-6-11-20)14-12-22(13-15-23)17-24-21(27)26(22)16-19-8-7-9-19/h4-6,10-11,18-19H,7-9,12-17H2,1-3H3,(H,24,27). The van der Waals surface area contributed by atoms with Crippen LogP contribution in [0.3, 0.4) is 0 Å². The topological polar surface area (TPSA) is 35.6 Å². The molecule has 2 amide bonds. The van der Waals surface area contributed by atoms with Gasteiger partial charge in [0.1, 0.15) is 0 Å². The van der Waals surface area contributed by atoms with Gasteiger partial charge < -0.3 is 10.2 Å². The Morgan fingerprint density at radius 3 is 2.37 bits per heavy atom. The molecule has 27 heavy (non-hydrogen) atoms. The van der Waals surface area contributed by atoms with Crippen LogP contribution in [-0.2, 0) is 5.54 Å². The summed E-state index contributed by atoms with van der Waals surface area (Å²) in [5.41, 5.74) is 1.54. The van der Waals surface area contributed by atoms with E-state index in [1.54, 1.807) is 0 Å². The van der Waals surface area contributed by atoms with Crippen LogP contribution < -0.4 is 5.32 Å². The van der Waals surface area contributed by atoms with Crippen molar-refractivity contribution in [2.45, 2.75) is 75.9 Å². The Hall–Kier alpha value is -1.55. The zero-order valence-corrected chi connectivity index (χ0v) is 17.2. The van der Waals surface area contributed by atoms with Gasteiger partial charge in [-0.25, -0.2) is 4.79 Å². The lowest BCUT2D eigenvalue weighted by atomic mass is 9.67. The highest BCUT2D eigenvalue weighted by Crippen LogP contribution is 2.49. The fourth-order valence-electron chi connectivity index (χ4n) is 5.52. The molecule has 1 spiro atoms. The van der Waals surface area contributed by atoms with Gasteiger partial charge in [0, 0.05) is 24.7 Å². The molecule has 3 aliphatic rings. The molecule has 0 radical (unpaired) electrons. The van der Waals surface area contributed by atoms with E-state index in [-0.39, 0.29) is 17.1 Å². The molecule has 1 saturated heterocycles. The third kappa shape index (κ3) is 3.16. The second kappa shape index (κ2) is 7.12. The molecule has 0 aromatic heterocycles. The largest absolute Gasteiger partial charge is 0.336 e. The average Bonchev–Trinajstić information content (AvgIpc) is 2.95. The van der Waals surface area contributed by atoms with Crippen LogP contribution in [-0.4, -0.2) is 47.5 Å². The molecule has 1 heterocycles. The van der Waals surface area contributed by atoms with Gasteiger partial charge in [-0.15, -0.1) is 0 Å². The van der Waals surface area contributed by atoms with Crippen LogP contribution in [0.1, 0.15) is 64.4 Å². The third-order valence-electron chi connectivity index (χ3n) is 7.82. The molecule has 3 fully saturated rings. The molecule has 4 nitrogen and oxygen atoms in total. The van der Waals surface area contributed by atoms with Gasteiger partial charge in [-0.05, 0) is 70.9 Å². The fourth-order valence-corrected chi connectivity index (χ4v) is 5.52. The maximum atomic E-state index is 12.6. The summed E-state index contributed by atoms with van der Waals surface area (Å²) in [7, 11) is 2.28. The molecule has 0 atom stereocenters. The monoisotopic (exact) mass is 369 g/mol. The third-order valence-corrected chi connectivity index (χ3v) is 7.82. The molecule has 2 aliphatic carbocycles. The average molecular weight is 370 g/mol. The number of amides is 2. The van der Waals surface area contributed by atoms with E-state index < -0.39 is 0 Å². The summed E-state index contributed by atoms with van der Waals surface area (Å²) in [6.45, 7) is 6.37. The van der Waals surface area contributed by atoms with E-state index in [2.05, 4.69) is 66.3 Å². The zero-order valence-electron chi connectivity index (χ0n) is 17.2. The van der Waals surface area contributed by atoms with Crippen molar-refractivity contribution in [3.8, 4) is 0 Å². The van der Waals surface area contributed by atoms with E-state index in [0.29, 0.717) is 6.04 Å². The first-order chi connectivity index (χ1) is 13.0. The number of nitrogens with zero attached hydrogens (tertiary/aromatic N) is 2. The van der Waals surface area contributed by atoms with Gasteiger partial charge in [0.25, 0.3) is 0 Å². The van der Waals surface area contributed by atoms with E-state index >= 15 is 0 Å². The van der Waals surface area contributed by atoms with Crippen molar-refractivity contribution in [1.29, 1.82) is 0 Å². The molecule has 2 saturated carbocycles. The number of urea groups is 1. The maximum Gasteiger partial charge on any atom is 0.318 e. The highest BCUT2D eigenvalue weighted by Gasteiger charge is 2.53. The van der Waals surface area contributed by atoms with Crippen LogP contribution in [0, 0.1) is 5.92 Å². The zero-order chi connectivity index (χ0) is 19.1. The van der Waals surface area contributed by atoms with Crippen molar-refractivity contribution < 1.29 is 4.79 Å². The Morgan fingerprint density at radius 1 is 1.15 bits per heavy atom. The van der Waals surface area contributed by atoms with Crippen LogP contribution in [0.5, 0.6) is 0 Å². The molecule has 4 rings (SSSR count). The second-order valence-electron chi connectivity index (χ2n) is 9.39. The molecule has 1 N–H and O–H groups in total. The van der Waals surface area contributed by atoms with E-state index in [9.17, 15) is 4.79 Å². The van der Waals surface area contributed by atoms with E-state index in [1.807, 2.05) is 0 Å². The number of nitrogens with one attached hydrogen (secondary N) is 1. The molecular weight excluding hydrogens is 334 g/mol. The highest BCUT2D eigenvalue weighted by atomic mass is 16.2. The van der Waals surface area contributed by atoms with E-state index in [1.165, 1.54) is 24.8 Å². The number of hydrogen-bond acceptors (Lipinski definition) is 2. The quantitative estimate of drug-likeness (QED) is 0.837. The van der Waals surface area contributed by atoms with Crippen LogP contribution in [0.15, 0.2) is 30.3 Å². The summed E-state index contributed by atoms with van der Waals surface area (Å²) < 4.78 is 0. The first kappa shape index (κ1) is 18.8. The normalized spacial score (nSPS) is 31.6. The summed E-state index contributed by atoms with van der Waals surface area (Å²) in [4.78, 5) is 17.4. The lowest BCUT2D eigenvalue weighted by Gasteiger charge is -2.53. The van der Waals surface area contributed by atoms with Crippen molar-refractivity contribution in [3.05, 3.63) is 35.9 Å². The number of benzene rings is 1. The summed E-state index contributed by atoms with van der Waals surface area (Å²) in [5, 5.41) is 3.18. The summed E-state index contributed by atoms with van der Waals surface area (Å²) >= 11 is 0. The minimum Gasteiger partial charge on any atom is -0.336 e. The Kier molecular flexibility index (Phi) is 4.96. The molecule has 1 aromatic rings. The van der Waals surface area contributed by atoms with Gasteiger partial charge in [-0.2, -0.15) is 0 Å². The Morgan fingerprint density at radius 2 is 1.81 bits per heavy atom. The first-order valence-electron chi connectivity index (χ1n) is 10.8. The molecule has 0 bridgehead atoms. The van der Waals surface area contributed by atoms with Gasteiger partial charge in [-0.3, -0.25) is 4.90 Å². The van der Waals surface area contributed by atoms with Crippen LogP contribution in [0.2, 0.25) is 0 Å². The lowest BCUT2D eigenvalue weighted by molar-refractivity contribution is -0.00776. The predicted octanol–water partition coefficient (Wildman–Crippen LogP) is 4.36. The number of carbonyl (C=O) groups is 1. The van der Waals surface area contributed by atoms with Crippen molar-refractivity contribution in [3.63, 3.8) is 0 Å². The van der Waals surface area contributed by atoms with E-state index in [4.69, 9.17) is 0 Å². The molecule has 4 heteroatoms. The molecule has 1 aromatic carbocycles. The fraction of sp³-hybridized carbons (Fsp3) is 0.696. The smallest absolute Gasteiger partial charge is 0.318 e. The van der Waals surface area contributed by atoms with Crippen molar-refractivity contribution in [2.24, 2.45) is 5.92 Å². The number of rotatable bonds is 5. The lowest BCUT2D eigenvalue weighted by Crippen LogP contribution is -2.58. The summed E-state index contributed by atoms with van der Waals surface area (Å²) in [6.07, 6.45) is 8.33. The predicted molar refractivity (Wildman–Crippen MR) is 110 cm³/mol. The highest BCUT2D eigenvalue weighted by molar-refractivity contribution is 5.78. The Balaban J connectivity index is 1.58. The van der Waals surface area contributed by atoms with Crippen molar-refractivity contribution >= 4 is 6.03 Å². The maximum absolute atomic E-state index is 12.6. The van der Waals surface area contributed by atoms with Gasteiger partial charge in [0.2, 0.25) is 0 Å². The molecule has 0 unspecified atom stereocenters. The van der Waals surface area contributed by atoms with E-state index in [0.717, 1.165) is 44.7 Å². The van der Waals surface area contributed by atoms with Gasteiger partial charge in [-0.1, -0.05) is 36.8 Å². The SMILES string of the molecule is CC(C)N(C)C1(c2ccccc2)CCC2(CC1)CNC(=O)N2CC1CCC1. The Bertz CT molecular complexity index is 659. The van der Waals surface area contributed by atoms with Crippen molar-refractivity contribution in [1.82, 2.24) is 15.1 Å². The number of carbonyl (C=O) groups excluding carboxylic acids is 1. The molecule has 148 valence electrons. The number of hydrogen-bond donors (Lipinski definition) is 1. The van der Waals surface area contributed by atoms with Crippen LogP contribution in [0.25, 0.3) is 0 Å². The van der Waals surface area contributed by atoms with Crippen molar-refractivity contribution in [2.75, 3.05) is 20.1 Å². The van der Waals surface area contributed by atoms with Gasteiger partial charge in [0.05, 0.1) is 5.54 Å². The first-order valence-corrected chi connectivity index (χ1v) is 10.8. The van der Waals surface area contributed by atoms with Gasteiger partial charge in [0.15, 0.2) is 0 Å². The molecule has 1 aliphatic heterocycles. The molecular formula is C23H35N3O.